The van der Waals surface area contributed by atoms with Crippen molar-refractivity contribution in [3.05, 3.63) is 33.9 Å². The topological polar surface area (TPSA) is 108 Å². The summed E-state index contributed by atoms with van der Waals surface area (Å²) in [7, 11) is 1.56. The van der Waals surface area contributed by atoms with Gasteiger partial charge in [0, 0.05) is 57.5 Å². The Labute approximate surface area is 170 Å². The summed E-state index contributed by atoms with van der Waals surface area (Å²) < 4.78 is 4.95. The van der Waals surface area contributed by atoms with Gasteiger partial charge in [-0.15, -0.1) is 0 Å². The zero-order valence-corrected chi connectivity index (χ0v) is 16.9. The van der Waals surface area contributed by atoms with Gasteiger partial charge in [-0.05, 0) is 37.8 Å². The van der Waals surface area contributed by atoms with E-state index >= 15 is 0 Å². The number of β-amino-alcohol motifs (C(OH)–C–C–N with tert-alkyl or cyclic N) is 1. The highest BCUT2D eigenvalue weighted by molar-refractivity contribution is 5.96. The second-order valence-corrected chi connectivity index (χ2v) is 7.81. The molecule has 2 fully saturated rings. The maximum atomic E-state index is 12.6. The molecule has 2 heterocycles. The zero-order valence-electron chi connectivity index (χ0n) is 16.9. The van der Waals surface area contributed by atoms with Gasteiger partial charge in [-0.1, -0.05) is 0 Å². The number of hydrogen-bond donors (Lipinski definition) is 2. The van der Waals surface area contributed by atoms with Gasteiger partial charge >= 0.3 is 0 Å². The number of likely N-dealkylation sites (tertiary alicyclic amines) is 1. The van der Waals surface area contributed by atoms with E-state index in [1.807, 2.05) is 4.90 Å². The fourth-order valence-electron chi connectivity index (χ4n) is 4.11. The lowest BCUT2D eigenvalue weighted by Gasteiger charge is -2.33. The number of ether oxygens (including phenoxy) is 1. The van der Waals surface area contributed by atoms with Crippen molar-refractivity contribution >= 4 is 17.3 Å². The third-order valence-electron chi connectivity index (χ3n) is 5.63. The molecule has 9 nitrogen and oxygen atoms in total. The normalized spacial score (nSPS) is 19.3. The van der Waals surface area contributed by atoms with Crippen molar-refractivity contribution in [1.82, 2.24) is 10.2 Å². The molecule has 2 N–H and O–H groups in total. The number of nitrogens with zero attached hydrogens (tertiary/aromatic N) is 3. The van der Waals surface area contributed by atoms with E-state index in [1.54, 1.807) is 19.2 Å². The van der Waals surface area contributed by atoms with E-state index in [2.05, 4.69) is 10.2 Å². The molecular formula is C20H30N4O5. The van der Waals surface area contributed by atoms with Crippen LogP contribution in [0.15, 0.2) is 18.2 Å². The number of piperidine rings is 1. The molecule has 0 spiro atoms. The van der Waals surface area contributed by atoms with Crippen LogP contribution in [0, 0.1) is 10.1 Å². The molecule has 0 bridgehead atoms. The number of benzene rings is 1. The second-order valence-electron chi connectivity index (χ2n) is 7.81. The van der Waals surface area contributed by atoms with Crippen LogP contribution in [-0.2, 0) is 4.74 Å². The van der Waals surface area contributed by atoms with Gasteiger partial charge in [0.25, 0.3) is 11.6 Å². The summed E-state index contributed by atoms with van der Waals surface area (Å²) in [6.07, 6.45) is 3.10. The lowest BCUT2D eigenvalue weighted by molar-refractivity contribution is -0.384. The molecule has 0 aromatic heterocycles. The van der Waals surface area contributed by atoms with Crippen LogP contribution in [0.2, 0.25) is 0 Å². The number of rotatable bonds is 8. The Morgan fingerprint density at radius 3 is 2.62 bits per heavy atom. The molecule has 2 aliphatic heterocycles. The Balaban J connectivity index is 1.57. The number of aliphatic hydroxyl groups is 1. The summed E-state index contributed by atoms with van der Waals surface area (Å²) in [5.74, 6) is -0.279. The number of carbonyl (C=O) groups is 1. The molecule has 1 amide bonds. The summed E-state index contributed by atoms with van der Waals surface area (Å²) in [4.78, 5) is 27.9. The number of nitrogens with one attached hydrogen (secondary N) is 1. The quantitative estimate of drug-likeness (QED) is 0.496. The number of aliphatic hydroxyl groups excluding tert-OH is 1. The Bertz CT molecular complexity index is 715. The summed E-state index contributed by atoms with van der Waals surface area (Å²) >= 11 is 0. The van der Waals surface area contributed by atoms with Gasteiger partial charge < -0.3 is 25.0 Å². The van der Waals surface area contributed by atoms with E-state index in [4.69, 9.17) is 4.74 Å². The third-order valence-corrected chi connectivity index (χ3v) is 5.63. The Morgan fingerprint density at radius 1 is 1.31 bits per heavy atom. The molecule has 0 radical (unpaired) electrons. The number of amides is 1. The van der Waals surface area contributed by atoms with Crippen LogP contribution in [0.25, 0.3) is 0 Å². The van der Waals surface area contributed by atoms with Crippen molar-refractivity contribution in [2.75, 3.05) is 51.3 Å². The third kappa shape index (κ3) is 5.65. The minimum atomic E-state index is -0.513. The first-order chi connectivity index (χ1) is 14.0. The lowest BCUT2D eigenvalue weighted by atomic mass is 10.0. The zero-order chi connectivity index (χ0) is 20.8. The average Bonchev–Trinajstić information content (AvgIpc) is 3.24. The Hall–Kier alpha value is -2.23. The molecule has 2 saturated heterocycles. The first kappa shape index (κ1) is 21.5. The van der Waals surface area contributed by atoms with Crippen LogP contribution < -0.4 is 10.2 Å². The minimum Gasteiger partial charge on any atom is -0.389 e. The fraction of sp³-hybridized carbons (Fsp3) is 0.650. The van der Waals surface area contributed by atoms with Crippen LogP contribution in [0.1, 0.15) is 36.0 Å². The molecule has 1 aromatic carbocycles. The van der Waals surface area contributed by atoms with E-state index in [0.717, 1.165) is 51.9 Å². The van der Waals surface area contributed by atoms with E-state index in [1.165, 1.54) is 6.07 Å². The van der Waals surface area contributed by atoms with Gasteiger partial charge in [0.15, 0.2) is 0 Å². The molecule has 0 saturated carbocycles. The molecule has 9 heteroatoms. The monoisotopic (exact) mass is 406 g/mol. The van der Waals surface area contributed by atoms with Gasteiger partial charge in [-0.3, -0.25) is 14.9 Å². The largest absolute Gasteiger partial charge is 0.389 e. The highest BCUT2D eigenvalue weighted by Gasteiger charge is 2.26. The molecule has 0 unspecified atom stereocenters. The van der Waals surface area contributed by atoms with E-state index in [0.29, 0.717) is 24.4 Å². The number of methoxy groups -OCH3 is 1. The predicted molar refractivity (Wildman–Crippen MR) is 109 cm³/mol. The van der Waals surface area contributed by atoms with Crippen LogP contribution in [0.3, 0.4) is 0 Å². The highest BCUT2D eigenvalue weighted by atomic mass is 16.6. The molecule has 160 valence electrons. The molecule has 29 heavy (non-hydrogen) atoms. The van der Waals surface area contributed by atoms with E-state index in [9.17, 15) is 20.0 Å². The maximum absolute atomic E-state index is 12.6. The van der Waals surface area contributed by atoms with Gasteiger partial charge in [0.2, 0.25) is 0 Å². The number of anilines is 1. The minimum absolute atomic E-state index is 0.0125. The highest BCUT2D eigenvalue weighted by Crippen LogP contribution is 2.31. The van der Waals surface area contributed by atoms with Crippen molar-refractivity contribution < 1.29 is 19.6 Å². The summed E-state index contributed by atoms with van der Waals surface area (Å²) in [6.45, 7) is 4.04. The summed E-state index contributed by atoms with van der Waals surface area (Å²) in [5.41, 5.74) is 0.895. The van der Waals surface area contributed by atoms with Crippen LogP contribution in [0.4, 0.5) is 11.4 Å². The lowest BCUT2D eigenvalue weighted by Crippen LogP contribution is -2.47. The van der Waals surface area contributed by atoms with Gasteiger partial charge in [-0.25, -0.2) is 0 Å². The number of nitro benzene ring substituents is 1. The standard InChI is InChI=1S/C20H30N4O5/c1-29-14-17(25)13-22-10-6-16(7-11-22)21-20(26)15-4-5-18(19(12-15)24(27)28)23-8-2-3-9-23/h4-5,12,16-17,25H,2-3,6-11,13-14H2,1H3,(H,21,26)/t17-/m0/s1. The van der Waals surface area contributed by atoms with Crippen molar-refractivity contribution in [3.63, 3.8) is 0 Å². The molecule has 0 aliphatic carbocycles. The van der Waals surface area contributed by atoms with Crippen molar-refractivity contribution in [2.24, 2.45) is 0 Å². The Kier molecular flexibility index (Phi) is 7.40. The SMILES string of the molecule is COC[C@@H](O)CN1CCC(NC(=O)c2ccc(N3CCCC3)c([N+](=O)[O-])c2)CC1. The maximum Gasteiger partial charge on any atom is 0.293 e. The summed E-state index contributed by atoms with van der Waals surface area (Å²) in [5, 5.41) is 24.4. The number of nitro groups is 1. The van der Waals surface area contributed by atoms with Crippen molar-refractivity contribution in [3.8, 4) is 0 Å². The number of hydrogen-bond acceptors (Lipinski definition) is 7. The second kappa shape index (κ2) is 10.00. The summed E-state index contributed by atoms with van der Waals surface area (Å²) in [6, 6.07) is 4.78. The molecule has 1 atom stereocenters. The fourth-order valence-corrected chi connectivity index (χ4v) is 4.11. The first-order valence-electron chi connectivity index (χ1n) is 10.2. The van der Waals surface area contributed by atoms with Crippen molar-refractivity contribution in [1.29, 1.82) is 0 Å². The Morgan fingerprint density at radius 2 is 2.00 bits per heavy atom. The first-order valence-corrected chi connectivity index (χ1v) is 10.2. The molecule has 2 aliphatic rings. The van der Waals surface area contributed by atoms with Crippen molar-refractivity contribution in [2.45, 2.75) is 37.8 Å². The van der Waals surface area contributed by atoms with Crippen LogP contribution >= 0.6 is 0 Å². The van der Waals surface area contributed by atoms with Gasteiger partial charge in [0.1, 0.15) is 5.69 Å². The molecule has 3 rings (SSSR count). The smallest absolute Gasteiger partial charge is 0.293 e. The average molecular weight is 406 g/mol. The van der Waals surface area contributed by atoms with E-state index in [-0.39, 0.29) is 17.6 Å². The molecular weight excluding hydrogens is 376 g/mol. The van der Waals surface area contributed by atoms with Crippen LogP contribution in [0.5, 0.6) is 0 Å². The van der Waals surface area contributed by atoms with E-state index < -0.39 is 11.0 Å². The van der Waals surface area contributed by atoms with Crippen LogP contribution in [-0.4, -0.2) is 79.4 Å². The predicted octanol–water partition coefficient (Wildman–Crippen LogP) is 1.40. The van der Waals surface area contributed by atoms with Gasteiger partial charge in [-0.2, -0.15) is 0 Å². The van der Waals surface area contributed by atoms with Gasteiger partial charge in [0.05, 0.1) is 17.6 Å². The number of carbonyl (C=O) groups excluding carboxylic acids is 1. The molecule has 1 aromatic rings.